The molecule has 0 N–H and O–H groups in total. The van der Waals surface area contributed by atoms with Gasteiger partial charge >= 0.3 is 0 Å². The van der Waals surface area contributed by atoms with Gasteiger partial charge in [0.15, 0.2) is 0 Å². The normalized spacial score (nSPS) is 13.7. The van der Waals surface area contributed by atoms with E-state index in [1.54, 1.807) is 0 Å². The molecule has 2 aromatic heterocycles. The third kappa shape index (κ3) is 3.68. The number of aromatic nitrogens is 2. The summed E-state index contributed by atoms with van der Waals surface area (Å²) in [6.07, 6.45) is 7.46. The van der Waals surface area contributed by atoms with Crippen molar-refractivity contribution in [1.29, 1.82) is 0 Å². The average molecular weight is 468 g/mol. The van der Waals surface area contributed by atoms with Crippen LogP contribution in [0.5, 0.6) is 0 Å². The third-order valence-electron chi connectivity index (χ3n) is 7.32. The molecule has 0 saturated heterocycles. The fourth-order valence-corrected chi connectivity index (χ4v) is 5.40. The molecule has 3 aromatic carbocycles. The Kier molecular flexibility index (Phi) is 5.22. The first-order valence-corrected chi connectivity index (χ1v) is 12.4. The van der Waals surface area contributed by atoms with Crippen molar-refractivity contribution in [1.82, 2.24) is 9.97 Å². The molecule has 0 spiro atoms. The first-order valence-electron chi connectivity index (χ1n) is 12.4. The Morgan fingerprint density at radius 3 is 1.78 bits per heavy atom. The first-order chi connectivity index (χ1) is 17.4. The molecule has 0 radical (unpaired) electrons. The molecule has 0 aliphatic carbocycles. The van der Waals surface area contributed by atoms with Crippen LogP contribution in [-0.2, 0) is 5.41 Å². The fourth-order valence-electron chi connectivity index (χ4n) is 5.40. The lowest BCUT2D eigenvalue weighted by Gasteiger charge is -2.42. The zero-order chi connectivity index (χ0) is 24.9. The maximum absolute atomic E-state index is 4.39. The zero-order valence-electron chi connectivity index (χ0n) is 21.2. The Morgan fingerprint density at radius 2 is 1.19 bits per heavy atom. The lowest BCUT2D eigenvalue weighted by atomic mass is 9.72. The topological polar surface area (TPSA) is 29.0 Å². The van der Waals surface area contributed by atoms with Gasteiger partial charge in [-0.1, -0.05) is 55.3 Å². The number of fused-ring (bicyclic) bond motifs is 2. The van der Waals surface area contributed by atoms with E-state index in [-0.39, 0.29) is 5.41 Å². The predicted molar refractivity (Wildman–Crippen MR) is 149 cm³/mol. The number of aryl methyl sites for hydroxylation is 2. The van der Waals surface area contributed by atoms with Gasteiger partial charge in [-0.15, -0.1) is 0 Å². The van der Waals surface area contributed by atoms with Gasteiger partial charge in [-0.25, -0.2) is 0 Å². The van der Waals surface area contributed by atoms with Crippen LogP contribution in [0.25, 0.3) is 22.3 Å². The van der Waals surface area contributed by atoms with Crippen LogP contribution in [0, 0.1) is 13.8 Å². The Balaban J connectivity index is 1.65. The third-order valence-corrected chi connectivity index (χ3v) is 7.32. The standard InChI is InChI=1S/C33H29N3/c1-22-7-9-31-29(16-22)33(3,4)30-17-23(2)8-10-32(30)36(31)28-19-26(24-11-14-34-15-12-24)18-27(20-28)25-6-5-13-35-21-25/h5-21H,1-4H3. The highest BCUT2D eigenvalue weighted by atomic mass is 15.2. The van der Waals surface area contributed by atoms with E-state index in [0.29, 0.717) is 0 Å². The maximum Gasteiger partial charge on any atom is 0.0502 e. The molecule has 3 heteroatoms. The zero-order valence-corrected chi connectivity index (χ0v) is 21.2. The Bertz CT molecular complexity index is 1460. The van der Waals surface area contributed by atoms with Crippen LogP contribution < -0.4 is 4.90 Å². The average Bonchev–Trinajstić information content (AvgIpc) is 2.90. The highest BCUT2D eigenvalue weighted by Gasteiger charge is 2.37. The van der Waals surface area contributed by atoms with E-state index in [2.05, 4.69) is 115 Å². The number of nitrogens with zero attached hydrogens (tertiary/aromatic N) is 3. The molecule has 176 valence electrons. The number of benzene rings is 3. The van der Waals surface area contributed by atoms with Crippen molar-refractivity contribution >= 4 is 17.1 Å². The Morgan fingerprint density at radius 1 is 0.583 bits per heavy atom. The van der Waals surface area contributed by atoms with Crippen LogP contribution >= 0.6 is 0 Å². The van der Waals surface area contributed by atoms with Crippen LogP contribution in [0.3, 0.4) is 0 Å². The van der Waals surface area contributed by atoms with Crippen molar-refractivity contribution in [2.24, 2.45) is 0 Å². The van der Waals surface area contributed by atoms with Gasteiger partial charge in [-0.05, 0) is 90.2 Å². The molecule has 0 atom stereocenters. The smallest absolute Gasteiger partial charge is 0.0502 e. The van der Waals surface area contributed by atoms with Crippen molar-refractivity contribution in [3.63, 3.8) is 0 Å². The molecule has 36 heavy (non-hydrogen) atoms. The molecule has 0 bridgehead atoms. The summed E-state index contributed by atoms with van der Waals surface area (Å²) in [5.41, 5.74) is 13.3. The molecule has 1 aliphatic heterocycles. The largest absolute Gasteiger partial charge is 0.310 e. The minimum atomic E-state index is -0.103. The molecular weight excluding hydrogens is 438 g/mol. The van der Waals surface area contributed by atoms with Crippen molar-refractivity contribution in [3.05, 3.63) is 126 Å². The summed E-state index contributed by atoms with van der Waals surface area (Å²) in [6.45, 7) is 9.04. The SMILES string of the molecule is Cc1ccc2c(c1)C(C)(C)c1cc(C)ccc1N2c1cc(-c2ccncc2)cc(-c2cccnc2)c1. The summed E-state index contributed by atoms with van der Waals surface area (Å²) >= 11 is 0. The molecule has 0 amide bonds. The highest BCUT2D eigenvalue weighted by molar-refractivity contribution is 5.89. The molecule has 3 heterocycles. The lowest BCUT2D eigenvalue weighted by molar-refractivity contribution is 0.630. The number of anilines is 3. The monoisotopic (exact) mass is 467 g/mol. The Labute approximate surface area is 213 Å². The van der Waals surface area contributed by atoms with E-state index >= 15 is 0 Å². The number of hydrogen-bond donors (Lipinski definition) is 0. The van der Waals surface area contributed by atoms with Gasteiger partial charge in [-0.3, -0.25) is 9.97 Å². The van der Waals surface area contributed by atoms with Crippen LogP contribution in [0.15, 0.2) is 104 Å². The summed E-state index contributed by atoms with van der Waals surface area (Å²) in [4.78, 5) is 11.1. The van der Waals surface area contributed by atoms with E-state index in [0.717, 1.165) is 27.9 Å². The van der Waals surface area contributed by atoms with Gasteiger partial charge in [-0.2, -0.15) is 0 Å². The molecule has 0 saturated carbocycles. The van der Waals surface area contributed by atoms with Gasteiger partial charge in [0.1, 0.15) is 0 Å². The summed E-state index contributed by atoms with van der Waals surface area (Å²) < 4.78 is 0. The second-order valence-electron chi connectivity index (χ2n) is 10.2. The van der Waals surface area contributed by atoms with E-state index in [9.17, 15) is 0 Å². The van der Waals surface area contributed by atoms with Crippen LogP contribution in [0.2, 0.25) is 0 Å². The summed E-state index contributed by atoms with van der Waals surface area (Å²) in [6, 6.07) is 28.8. The summed E-state index contributed by atoms with van der Waals surface area (Å²) in [5.74, 6) is 0. The molecule has 1 aliphatic rings. The fraction of sp³-hybridized carbons (Fsp3) is 0.152. The molecule has 0 unspecified atom stereocenters. The van der Waals surface area contributed by atoms with Crippen LogP contribution in [-0.4, -0.2) is 9.97 Å². The second kappa shape index (κ2) is 8.46. The number of pyridine rings is 2. The van der Waals surface area contributed by atoms with Gasteiger partial charge in [0.25, 0.3) is 0 Å². The Hall–Kier alpha value is -4.24. The second-order valence-corrected chi connectivity index (χ2v) is 10.2. The molecule has 3 nitrogen and oxygen atoms in total. The molecule has 0 fully saturated rings. The van der Waals surface area contributed by atoms with Gasteiger partial charge < -0.3 is 4.90 Å². The minimum absolute atomic E-state index is 0.103. The van der Waals surface area contributed by atoms with E-state index in [4.69, 9.17) is 0 Å². The quantitative estimate of drug-likeness (QED) is 0.266. The number of hydrogen-bond acceptors (Lipinski definition) is 3. The van der Waals surface area contributed by atoms with E-state index in [1.807, 2.05) is 30.9 Å². The van der Waals surface area contributed by atoms with Crippen molar-refractivity contribution < 1.29 is 0 Å². The highest BCUT2D eigenvalue weighted by Crippen LogP contribution is 2.53. The van der Waals surface area contributed by atoms with Gasteiger partial charge in [0.2, 0.25) is 0 Å². The molecular formula is C33H29N3. The minimum Gasteiger partial charge on any atom is -0.310 e. The van der Waals surface area contributed by atoms with Crippen molar-refractivity contribution in [3.8, 4) is 22.3 Å². The molecule has 5 aromatic rings. The summed E-state index contributed by atoms with van der Waals surface area (Å²) in [7, 11) is 0. The first kappa shape index (κ1) is 22.2. The maximum atomic E-state index is 4.39. The van der Waals surface area contributed by atoms with Crippen molar-refractivity contribution in [2.75, 3.05) is 4.90 Å². The van der Waals surface area contributed by atoms with E-state index < -0.39 is 0 Å². The number of rotatable bonds is 3. The van der Waals surface area contributed by atoms with E-state index in [1.165, 1.54) is 33.6 Å². The van der Waals surface area contributed by atoms with Crippen molar-refractivity contribution in [2.45, 2.75) is 33.1 Å². The lowest BCUT2D eigenvalue weighted by Crippen LogP contribution is -2.31. The summed E-state index contributed by atoms with van der Waals surface area (Å²) in [5, 5.41) is 0. The predicted octanol–water partition coefficient (Wildman–Crippen LogP) is 8.54. The van der Waals surface area contributed by atoms with Gasteiger partial charge in [0, 0.05) is 41.5 Å². The van der Waals surface area contributed by atoms with Crippen LogP contribution in [0.4, 0.5) is 17.1 Å². The van der Waals surface area contributed by atoms with Gasteiger partial charge in [0.05, 0.1) is 11.4 Å². The molecule has 6 rings (SSSR count). The van der Waals surface area contributed by atoms with Crippen LogP contribution in [0.1, 0.15) is 36.1 Å².